The van der Waals surface area contributed by atoms with Gasteiger partial charge in [-0.15, -0.1) is 0 Å². The molecular formula is C18H16ClFN4. The van der Waals surface area contributed by atoms with Crippen LogP contribution in [0, 0.1) is 12.7 Å². The van der Waals surface area contributed by atoms with Crippen LogP contribution < -0.4 is 10.6 Å². The van der Waals surface area contributed by atoms with Crippen LogP contribution in [-0.2, 0) is 6.54 Å². The van der Waals surface area contributed by atoms with Gasteiger partial charge in [0.2, 0.25) is 5.95 Å². The lowest BCUT2D eigenvalue weighted by molar-refractivity contribution is 0.628. The third kappa shape index (κ3) is 4.20. The molecule has 24 heavy (non-hydrogen) atoms. The molecule has 4 nitrogen and oxygen atoms in total. The van der Waals surface area contributed by atoms with Gasteiger partial charge in [0.15, 0.2) is 0 Å². The maximum atomic E-state index is 13.2. The van der Waals surface area contributed by atoms with Gasteiger partial charge in [-0.1, -0.05) is 41.4 Å². The summed E-state index contributed by atoms with van der Waals surface area (Å²) >= 11 is 5.77. The summed E-state index contributed by atoms with van der Waals surface area (Å²) in [7, 11) is 0. The number of hydrogen-bond donors (Lipinski definition) is 2. The van der Waals surface area contributed by atoms with Crippen LogP contribution in [0.5, 0.6) is 0 Å². The maximum Gasteiger partial charge on any atom is 0.229 e. The Balaban J connectivity index is 1.68. The molecule has 0 atom stereocenters. The number of nitrogens with one attached hydrogen (secondary N) is 2. The van der Waals surface area contributed by atoms with Gasteiger partial charge in [0.25, 0.3) is 0 Å². The van der Waals surface area contributed by atoms with E-state index in [4.69, 9.17) is 11.6 Å². The predicted octanol–water partition coefficient (Wildman–Crippen LogP) is 4.93. The molecule has 0 aliphatic rings. The lowest BCUT2D eigenvalue weighted by Gasteiger charge is -2.09. The minimum Gasteiger partial charge on any atom is -0.366 e. The molecule has 0 aliphatic carbocycles. The summed E-state index contributed by atoms with van der Waals surface area (Å²) in [6, 6.07) is 14.4. The van der Waals surface area contributed by atoms with E-state index in [-0.39, 0.29) is 5.02 Å². The van der Waals surface area contributed by atoms with Gasteiger partial charge in [-0.3, -0.25) is 0 Å². The fourth-order valence-electron chi connectivity index (χ4n) is 2.24. The number of rotatable bonds is 5. The highest BCUT2D eigenvalue weighted by Gasteiger charge is 2.04. The second-order valence-corrected chi connectivity index (χ2v) is 5.77. The summed E-state index contributed by atoms with van der Waals surface area (Å²) in [4.78, 5) is 8.54. The van der Waals surface area contributed by atoms with Gasteiger partial charge < -0.3 is 10.6 Å². The summed E-state index contributed by atoms with van der Waals surface area (Å²) < 4.78 is 13.2. The zero-order chi connectivity index (χ0) is 16.9. The van der Waals surface area contributed by atoms with Gasteiger partial charge in [-0.25, -0.2) is 9.37 Å². The summed E-state index contributed by atoms with van der Waals surface area (Å²) in [5.74, 6) is 0.644. The van der Waals surface area contributed by atoms with E-state index >= 15 is 0 Å². The van der Waals surface area contributed by atoms with Crippen molar-refractivity contribution in [1.82, 2.24) is 9.97 Å². The second-order valence-electron chi connectivity index (χ2n) is 5.36. The van der Waals surface area contributed by atoms with Crippen LogP contribution in [0.1, 0.15) is 11.1 Å². The Labute approximate surface area is 144 Å². The van der Waals surface area contributed by atoms with E-state index in [0.29, 0.717) is 24.0 Å². The second kappa shape index (κ2) is 7.27. The summed E-state index contributed by atoms with van der Waals surface area (Å²) in [5.41, 5.74) is 3.01. The Hall–Kier alpha value is -2.66. The van der Waals surface area contributed by atoms with E-state index < -0.39 is 5.82 Å². The van der Waals surface area contributed by atoms with Crippen LogP contribution in [0.25, 0.3) is 0 Å². The van der Waals surface area contributed by atoms with Crippen LogP contribution in [0.3, 0.4) is 0 Å². The molecule has 6 heteroatoms. The van der Waals surface area contributed by atoms with Crippen molar-refractivity contribution in [2.24, 2.45) is 0 Å². The summed E-state index contributed by atoms with van der Waals surface area (Å²) in [6.07, 6.45) is 1.65. The molecule has 0 fully saturated rings. The largest absolute Gasteiger partial charge is 0.366 e. The molecule has 0 spiro atoms. The Morgan fingerprint density at radius 1 is 1.12 bits per heavy atom. The standard InChI is InChI=1S/C18H16ClFN4/c1-12-3-2-4-13(9-12)11-22-17-7-8-21-18(24-17)23-14-5-6-16(20)15(19)10-14/h2-10H,11H2,1H3,(H2,21,22,23,24). The molecule has 0 radical (unpaired) electrons. The van der Waals surface area contributed by atoms with E-state index in [1.165, 1.54) is 23.3 Å². The third-order valence-corrected chi connectivity index (χ3v) is 3.68. The first-order chi connectivity index (χ1) is 11.6. The molecule has 122 valence electrons. The number of nitrogens with zero attached hydrogens (tertiary/aromatic N) is 2. The van der Waals surface area contributed by atoms with E-state index in [1.54, 1.807) is 18.3 Å². The number of halogens is 2. The van der Waals surface area contributed by atoms with Gasteiger partial charge in [-0.05, 0) is 36.8 Å². The smallest absolute Gasteiger partial charge is 0.229 e. The van der Waals surface area contributed by atoms with Crippen LogP contribution in [0.2, 0.25) is 5.02 Å². The Kier molecular flexibility index (Phi) is 4.91. The summed E-state index contributed by atoms with van der Waals surface area (Å²) in [6.45, 7) is 2.73. The Morgan fingerprint density at radius 2 is 2.00 bits per heavy atom. The first kappa shape index (κ1) is 16.2. The molecule has 1 aromatic heterocycles. The van der Waals surface area contributed by atoms with Crippen molar-refractivity contribution in [2.75, 3.05) is 10.6 Å². The van der Waals surface area contributed by atoms with Gasteiger partial charge in [0.05, 0.1) is 5.02 Å². The molecule has 0 unspecified atom stereocenters. The van der Waals surface area contributed by atoms with Crippen LogP contribution in [-0.4, -0.2) is 9.97 Å². The van der Waals surface area contributed by atoms with Crippen molar-refractivity contribution in [3.63, 3.8) is 0 Å². The van der Waals surface area contributed by atoms with E-state index in [0.717, 1.165) is 0 Å². The molecule has 1 heterocycles. The fraction of sp³-hybridized carbons (Fsp3) is 0.111. The third-order valence-electron chi connectivity index (χ3n) is 3.39. The van der Waals surface area contributed by atoms with Gasteiger partial charge >= 0.3 is 0 Å². The van der Waals surface area contributed by atoms with Crippen LogP contribution in [0.4, 0.5) is 21.8 Å². The van der Waals surface area contributed by atoms with Crippen LogP contribution >= 0.6 is 11.6 Å². The van der Waals surface area contributed by atoms with E-state index in [9.17, 15) is 4.39 Å². The normalized spacial score (nSPS) is 10.5. The molecule has 0 amide bonds. The predicted molar refractivity (Wildman–Crippen MR) is 95.2 cm³/mol. The quantitative estimate of drug-likeness (QED) is 0.690. The molecule has 0 saturated carbocycles. The first-order valence-corrected chi connectivity index (χ1v) is 7.82. The Morgan fingerprint density at radius 3 is 2.79 bits per heavy atom. The molecule has 0 aliphatic heterocycles. The summed E-state index contributed by atoms with van der Waals surface area (Å²) in [5, 5.41) is 6.31. The lowest BCUT2D eigenvalue weighted by atomic mass is 10.1. The van der Waals surface area contributed by atoms with Gasteiger partial charge in [0, 0.05) is 18.4 Å². The number of hydrogen-bond acceptors (Lipinski definition) is 4. The monoisotopic (exact) mass is 342 g/mol. The molecular weight excluding hydrogens is 327 g/mol. The average molecular weight is 343 g/mol. The highest BCUT2D eigenvalue weighted by Crippen LogP contribution is 2.21. The van der Waals surface area contributed by atoms with Gasteiger partial charge in [0.1, 0.15) is 11.6 Å². The molecule has 0 bridgehead atoms. The highest BCUT2D eigenvalue weighted by molar-refractivity contribution is 6.31. The average Bonchev–Trinajstić information content (AvgIpc) is 2.57. The zero-order valence-corrected chi connectivity index (χ0v) is 13.8. The number of benzene rings is 2. The van der Waals surface area contributed by atoms with Crippen LogP contribution in [0.15, 0.2) is 54.7 Å². The molecule has 2 aromatic carbocycles. The van der Waals surface area contributed by atoms with Crippen molar-refractivity contribution in [3.05, 3.63) is 76.7 Å². The van der Waals surface area contributed by atoms with E-state index in [1.807, 2.05) is 6.07 Å². The zero-order valence-electron chi connectivity index (χ0n) is 13.1. The SMILES string of the molecule is Cc1cccc(CNc2ccnc(Nc3ccc(F)c(Cl)c3)n2)c1. The molecule has 0 saturated heterocycles. The van der Waals surface area contributed by atoms with Gasteiger partial charge in [-0.2, -0.15) is 4.98 Å². The molecule has 3 rings (SSSR count). The first-order valence-electron chi connectivity index (χ1n) is 7.45. The number of anilines is 3. The lowest BCUT2D eigenvalue weighted by Crippen LogP contribution is -2.04. The minimum absolute atomic E-state index is 0.0497. The van der Waals surface area contributed by atoms with Crippen molar-refractivity contribution in [1.29, 1.82) is 0 Å². The number of aromatic nitrogens is 2. The maximum absolute atomic E-state index is 13.2. The van der Waals surface area contributed by atoms with Crippen molar-refractivity contribution in [2.45, 2.75) is 13.5 Å². The van der Waals surface area contributed by atoms with E-state index in [2.05, 4.69) is 45.7 Å². The number of aryl methyl sites for hydroxylation is 1. The molecule has 3 aromatic rings. The topological polar surface area (TPSA) is 49.8 Å². The van der Waals surface area contributed by atoms with Crippen molar-refractivity contribution >= 4 is 29.1 Å². The fourth-order valence-corrected chi connectivity index (χ4v) is 2.42. The minimum atomic E-state index is -0.461. The highest BCUT2D eigenvalue weighted by atomic mass is 35.5. The Bertz CT molecular complexity index is 854. The van der Waals surface area contributed by atoms with Crippen molar-refractivity contribution in [3.8, 4) is 0 Å². The van der Waals surface area contributed by atoms with Crippen molar-refractivity contribution < 1.29 is 4.39 Å². The molecule has 2 N–H and O–H groups in total.